The molecule has 1 aromatic carbocycles. The van der Waals surface area contributed by atoms with E-state index in [1.165, 1.54) is 18.2 Å². The van der Waals surface area contributed by atoms with E-state index in [1.807, 2.05) is 0 Å². The van der Waals surface area contributed by atoms with E-state index in [-0.39, 0.29) is 114 Å². The Hall–Kier alpha value is 1.96. The molecule has 6 nitrogen and oxygen atoms in total. The number of hydrogen-bond donors (Lipinski definition) is 2. The van der Waals surface area contributed by atoms with Gasteiger partial charge in [-0.25, -0.2) is 0 Å². The van der Waals surface area contributed by atoms with Crippen molar-refractivity contribution in [3.63, 3.8) is 0 Å². The fourth-order valence-electron chi connectivity index (χ4n) is 0.493. The van der Waals surface area contributed by atoms with Crippen molar-refractivity contribution in [2.24, 2.45) is 0 Å². The van der Waals surface area contributed by atoms with E-state index >= 15 is 0 Å². The molecular formula is C6H6K2O6S. The predicted octanol–water partition coefficient (Wildman–Crippen LogP) is -6.23. The number of benzene rings is 1. The quantitative estimate of drug-likeness (QED) is 0.278. The van der Waals surface area contributed by atoms with Gasteiger partial charge in [-0.15, -0.1) is 0 Å². The molecule has 0 aromatic heterocycles. The summed E-state index contributed by atoms with van der Waals surface area (Å²) in [7, 11) is -5.17. The Balaban J connectivity index is -0.000000185. The second-order valence-corrected chi connectivity index (χ2v) is 2.74. The van der Waals surface area contributed by atoms with E-state index in [4.69, 9.17) is 27.7 Å². The van der Waals surface area contributed by atoms with Crippen molar-refractivity contribution < 1.29 is 131 Å². The van der Waals surface area contributed by atoms with Crippen LogP contribution in [0.2, 0.25) is 0 Å². The van der Waals surface area contributed by atoms with E-state index in [2.05, 4.69) is 0 Å². The zero-order chi connectivity index (χ0) is 10.5. The van der Waals surface area contributed by atoms with Gasteiger partial charge >= 0.3 is 103 Å². The third-order valence-electron chi connectivity index (χ3n) is 0.830. The first-order chi connectivity index (χ1) is 5.79. The summed E-state index contributed by atoms with van der Waals surface area (Å²) in [5.74, 6) is 0.176. The van der Waals surface area contributed by atoms with Crippen LogP contribution >= 0.6 is 0 Å². The number of phenols is 2. The largest absolute Gasteiger partial charge is 1.00 e. The maximum absolute atomic E-state index is 8.65. The van der Waals surface area contributed by atoms with E-state index in [0.717, 1.165) is 0 Å². The van der Waals surface area contributed by atoms with Crippen LogP contribution in [-0.2, 0) is 10.4 Å². The molecule has 0 aliphatic carbocycles. The van der Waals surface area contributed by atoms with Crippen LogP contribution < -0.4 is 103 Å². The standard InChI is InChI=1S/C6H6O2.2K.H2O4S/c7-5-2-1-3-6(8)4-5;;;1-5(2,3)4/h1-4,7-8H;;;(H2,1,2,3,4)/q;2*+1;/p-2. The summed E-state index contributed by atoms with van der Waals surface area (Å²) in [5, 5.41) is 17.3. The van der Waals surface area contributed by atoms with Gasteiger partial charge in [0.15, 0.2) is 0 Å². The van der Waals surface area contributed by atoms with E-state index in [0.29, 0.717) is 0 Å². The molecule has 74 valence electrons. The van der Waals surface area contributed by atoms with Crippen LogP contribution in [0.1, 0.15) is 0 Å². The molecule has 0 aliphatic rings. The van der Waals surface area contributed by atoms with E-state index < -0.39 is 10.4 Å². The minimum Gasteiger partial charge on any atom is -0.759 e. The Morgan fingerprint density at radius 3 is 1.40 bits per heavy atom. The summed E-state index contributed by atoms with van der Waals surface area (Å²) < 4.78 is 34.1. The van der Waals surface area contributed by atoms with Gasteiger partial charge in [0.25, 0.3) is 0 Å². The molecule has 0 amide bonds. The second kappa shape index (κ2) is 11.1. The van der Waals surface area contributed by atoms with Gasteiger partial charge in [0.1, 0.15) is 11.5 Å². The van der Waals surface area contributed by atoms with Crippen LogP contribution in [0.25, 0.3) is 0 Å². The molecule has 0 fully saturated rings. The number of aromatic hydroxyl groups is 2. The van der Waals surface area contributed by atoms with Crippen LogP contribution in [0.3, 0.4) is 0 Å². The maximum Gasteiger partial charge on any atom is 1.00 e. The fraction of sp³-hybridized carbons (Fsp3) is 0. The first kappa shape index (κ1) is 22.2. The molecule has 2 N–H and O–H groups in total. The third-order valence-corrected chi connectivity index (χ3v) is 0.830. The van der Waals surface area contributed by atoms with Gasteiger partial charge in [0.2, 0.25) is 0 Å². The summed E-state index contributed by atoms with van der Waals surface area (Å²) >= 11 is 0. The number of rotatable bonds is 0. The first-order valence-electron chi connectivity index (χ1n) is 2.94. The van der Waals surface area contributed by atoms with Crippen molar-refractivity contribution in [3.8, 4) is 11.5 Å². The Morgan fingerprint density at radius 1 is 1.00 bits per heavy atom. The monoisotopic (exact) mass is 284 g/mol. The molecule has 1 rings (SSSR count). The molecule has 1 aromatic rings. The first-order valence-corrected chi connectivity index (χ1v) is 4.27. The SMILES string of the molecule is O=S(=O)([O-])[O-].Oc1cccc(O)c1.[K+].[K+]. The smallest absolute Gasteiger partial charge is 0.759 e. The van der Waals surface area contributed by atoms with Crippen LogP contribution in [0, 0.1) is 0 Å². The summed E-state index contributed by atoms with van der Waals surface area (Å²) in [4.78, 5) is 0. The molecule has 0 heterocycles. The molecule has 0 aliphatic heterocycles. The van der Waals surface area contributed by atoms with Crippen molar-refractivity contribution in [1.29, 1.82) is 0 Å². The number of hydrogen-bond acceptors (Lipinski definition) is 6. The van der Waals surface area contributed by atoms with Gasteiger partial charge < -0.3 is 19.3 Å². The molecule has 9 heteroatoms. The Labute approximate surface area is 173 Å². The fourth-order valence-corrected chi connectivity index (χ4v) is 0.493. The normalized spacial score (nSPS) is 8.67. The minimum absolute atomic E-state index is 0. The van der Waals surface area contributed by atoms with Gasteiger partial charge in [-0.1, -0.05) is 6.07 Å². The van der Waals surface area contributed by atoms with E-state index in [1.54, 1.807) is 6.07 Å². The van der Waals surface area contributed by atoms with Crippen molar-refractivity contribution in [3.05, 3.63) is 24.3 Å². The van der Waals surface area contributed by atoms with Crippen molar-refractivity contribution in [2.45, 2.75) is 0 Å². The topological polar surface area (TPSA) is 121 Å². The predicted molar refractivity (Wildman–Crippen MR) is 40.2 cm³/mol. The van der Waals surface area contributed by atoms with Crippen LogP contribution in [0.15, 0.2) is 24.3 Å². The molecule has 0 radical (unpaired) electrons. The molecule has 0 spiro atoms. The molecule has 15 heavy (non-hydrogen) atoms. The molecule has 0 atom stereocenters. The summed E-state index contributed by atoms with van der Waals surface area (Å²) in [6.07, 6.45) is 0. The number of phenolic OH excluding ortho intramolecular Hbond substituents is 2. The zero-order valence-corrected chi connectivity index (χ0v) is 15.3. The van der Waals surface area contributed by atoms with Crippen LogP contribution in [-0.4, -0.2) is 27.7 Å². The summed E-state index contributed by atoms with van der Waals surface area (Å²) in [6.45, 7) is 0. The Kier molecular flexibility index (Phi) is 16.4. The van der Waals surface area contributed by atoms with Crippen molar-refractivity contribution in [2.75, 3.05) is 0 Å². The van der Waals surface area contributed by atoms with Crippen LogP contribution in [0.4, 0.5) is 0 Å². The summed E-state index contributed by atoms with van der Waals surface area (Å²) in [5.41, 5.74) is 0. The van der Waals surface area contributed by atoms with Gasteiger partial charge in [-0.05, 0) is 12.1 Å². The van der Waals surface area contributed by atoms with Gasteiger partial charge in [0, 0.05) is 16.5 Å². The molecule has 0 saturated heterocycles. The van der Waals surface area contributed by atoms with Gasteiger partial charge in [-0.2, -0.15) is 0 Å². The molecule has 0 unspecified atom stereocenters. The van der Waals surface area contributed by atoms with Gasteiger partial charge in [0.05, 0.1) is 0 Å². The van der Waals surface area contributed by atoms with Crippen molar-refractivity contribution in [1.82, 2.24) is 0 Å². The Morgan fingerprint density at radius 2 is 1.27 bits per heavy atom. The third kappa shape index (κ3) is 21.7. The maximum atomic E-state index is 8.65. The average Bonchev–Trinajstić information content (AvgIpc) is 1.81. The summed E-state index contributed by atoms with van der Waals surface area (Å²) in [6, 6.07) is 5.85. The van der Waals surface area contributed by atoms with Crippen LogP contribution in [0.5, 0.6) is 11.5 Å². The average molecular weight is 284 g/mol. The molecular weight excluding hydrogens is 278 g/mol. The van der Waals surface area contributed by atoms with Gasteiger partial charge in [-0.3, -0.25) is 8.42 Å². The molecule has 0 bridgehead atoms. The molecule has 0 saturated carbocycles. The zero-order valence-electron chi connectivity index (χ0n) is 8.25. The van der Waals surface area contributed by atoms with Crippen molar-refractivity contribution >= 4 is 10.4 Å². The minimum atomic E-state index is -5.17. The van der Waals surface area contributed by atoms with E-state index in [9.17, 15) is 0 Å². The second-order valence-electron chi connectivity index (χ2n) is 1.93. The Bertz CT molecular complexity index is 340.